The quantitative estimate of drug-likeness (QED) is 0.799. The van der Waals surface area contributed by atoms with Crippen molar-refractivity contribution >= 4 is 17.7 Å². The van der Waals surface area contributed by atoms with E-state index in [0.717, 1.165) is 45.0 Å². The van der Waals surface area contributed by atoms with Crippen molar-refractivity contribution in [2.45, 2.75) is 25.0 Å². The van der Waals surface area contributed by atoms with Crippen LogP contribution in [0.4, 0.5) is 0 Å². The van der Waals surface area contributed by atoms with Gasteiger partial charge in [0.05, 0.1) is 6.54 Å². The first-order chi connectivity index (χ1) is 8.57. The van der Waals surface area contributed by atoms with Crippen LogP contribution in [0.3, 0.4) is 0 Å². The molecule has 2 aliphatic heterocycles. The summed E-state index contributed by atoms with van der Waals surface area (Å²) in [6.45, 7) is 10.9. The predicted octanol–water partition coefficient (Wildman–Crippen LogP) is 0.636. The molecule has 0 unspecified atom stereocenters. The lowest BCUT2D eigenvalue weighted by Crippen LogP contribution is -2.49. The van der Waals surface area contributed by atoms with E-state index in [2.05, 4.69) is 24.1 Å². The lowest BCUT2D eigenvalue weighted by atomic mass is 10.1. The topological polar surface area (TPSA) is 35.6 Å². The standard InChI is InChI=1S/C13H25N3OS/c1-13(2)3-6-15(9-10-18-13)11-12(17)16-7-4-14-5-8-16/h14H,3-11H2,1-2H3. The molecule has 2 fully saturated rings. The molecule has 0 aromatic carbocycles. The number of carbonyl (C=O) groups is 1. The van der Waals surface area contributed by atoms with E-state index in [1.54, 1.807) is 0 Å². The minimum absolute atomic E-state index is 0.307. The van der Waals surface area contributed by atoms with Gasteiger partial charge in [-0.2, -0.15) is 11.8 Å². The second-order valence-corrected chi connectivity index (χ2v) is 7.57. The van der Waals surface area contributed by atoms with E-state index in [0.29, 0.717) is 17.2 Å². The first-order valence-corrected chi connectivity index (χ1v) is 7.90. The Bertz CT molecular complexity index is 290. The lowest BCUT2D eigenvalue weighted by molar-refractivity contribution is -0.132. The van der Waals surface area contributed by atoms with Gasteiger partial charge in [0.25, 0.3) is 0 Å². The number of amides is 1. The van der Waals surface area contributed by atoms with Gasteiger partial charge in [0.15, 0.2) is 0 Å². The van der Waals surface area contributed by atoms with E-state index in [1.165, 1.54) is 6.42 Å². The first-order valence-electron chi connectivity index (χ1n) is 6.92. The molecular weight excluding hydrogens is 246 g/mol. The normalized spacial score (nSPS) is 25.8. The molecule has 2 rings (SSSR count). The van der Waals surface area contributed by atoms with Crippen molar-refractivity contribution in [3.8, 4) is 0 Å². The van der Waals surface area contributed by atoms with Crippen LogP contribution in [0.15, 0.2) is 0 Å². The maximum atomic E-state index is 12.2. The average Bonchev–Trinajstić information content (AvgIpc) is 2.52. The SMILES string of the molecule is CC1(C)CCN(CC(=O)N2CCNCC2)CCS1. The molecule has 2 aliphatic rings. The summed E-state index contributed by atoms with van der Waals surface area (Å²) in [6, 6.07) is 0. The van der Waals surface area contributed by atoms with E-state index < -0.39 is 0 Å². The number of nitrogens with zero attached hydrogens (tertiary/aromatic N) is 2. The third kappa shape index (κ3) is 4.14. The van der Waals surface area contributed by atoms with E-state index in [4.69, 9.17) is 0 Å². The summed E-state index contributed by atoms with van der Waals surface area (Å²) in [5, 5.41) is 3.28. The Hall–Kier alpha value is -0.260. The molecule has 18 heavy (non-hydrogen) atoms. The van der Waals surface area contributed by atoms with Gasteiger partial charge >= 0.3 is 0 Å². The van der Waals surface area contributed by atoms with Crippen LogP contribution in [0.25, 0.3) is 0 Å². The maximum Gasteiger partial charge on any atom is 0.236 e. The second kappa shape index (κ2) is 6.26. The highest BCUT2D eigenvalue weighted by Crippen LogP contribution is 2.30. The van der Waals surface area contributed by atoms with Crippen LogP contribution in [0.5, 0.6) is 0 Å². The number of carbonyl (C=O) groups excluding carboxylic acids is 1. The van der Waals surface area contributed by atoms with Crippen LogP contribution >= 0.6 is 11.8 Å². The summed E-state index contributed by atoms with van der Waals surface area (Å²) in [6.07, 6.45) is 1.17. The molecule has 0 aliphatic carbocycles. The zero-order chi connectivity index (χ0) is 13.0. The second-order valence-electron chi connectivity index (χ2n) is 5.77. The molecule has 1 amide bonds. The Kier molecular flexibility index (Phi) is 4.92. The fraction of sp³-hybridized carbons (Fsp3) is 0.923. The monoisotopic (exact) mass is 271 g/mol. The molecular formula is C13H25N3OS. The fourth-order valence-corrected chi connectivity index (χ4v) is 3.56. The number of thioether (sulfide) groups is 1. The Labute approximate surface area is 114 Å². The van der Waals surface area contributed by atoms with Crippen LogP contribution < -0.4 is 5.32 Å². The van der Waals surface area contributed by atoms with Crippen molar-refractivity contribution in [3.05, 3.63) is 0 Å². The van der Waals surface area contributed by atoms with Crippen LogP contribution in [0.2, 0.25) is 0 Å². The third-order valence-electron chi connectivity index (χ3n) is 3.76. The van der Waals surface area contributed by atoms with Gasteiger partial charge < -0.3 is 10.2 Å². The highest BCUT2D eigenvalue weighted by Gasteiger charge is 2.25. The zero-order valence-electron chi connectivity index (χ0n) is 11.6. The van der Waals surface area contributed by atoms with Crippen molar-refractivity contribution in [3.63, 3.8) is 0 Å². The Morgan fingerprint density at radius 2 is 1.94 bits per heavy atom. The van der Waals surface area contributed by atoms with E-state index >= 15 is 0 Å². The number of piperazine rings is 1. The molecule has 0 spiro atoms. The Balaban J connectivity index is 1.79. The molecule has 0 aromatic heterocycles. The maximum absolute atomic E-state index is 12.2. The van der Waals surface area contributed by atoms with Gasteiger partial charge in [-0.15, -0.1) is 0 Å². The minimum Gasteiger partial charge on any atom is -0.339 e. The minimum atomic E-state index is 0.307. The van der Waals surface area contributed by atoms with Gasteiger partial charge in [0.1, 0.15) is 0 Å². The van der Waals surface area contributed by atoms with Gasteiger partial charge in [0.2, 0.25) is 5.91 Å². The van der Waals surface area contributed by atoms with E-state index in [9.17, 15) is 4.79 Å². The Morgan fingerprint density at radius 1 is 1.22 bits per heavy atom. The molecule has 0 bridgehead atoms. The van der Waals surface area contributed by atoms with Crippen LogP contribution in [0, 0.1) is 0 Å². The average molecular weight is 271 g/mol. The lowest BCUT2D eigenvalue weighted by Gasteiger charge is -2.30. The van der Waals surface area contributed by atoms with Crippen LogP contribution in [0.1, 0.15) is 20.3 Å². The van der Waals surface area contributed by atoms with Crippen molar-refractivity contribution in [2.24, 2.45) is 0 Å². The fourth-order valence-electron chi connectivity index (χ4n) is 2.43. The summed E-state index contributed by atoms with van der Waals surface area (Å²) >= 11 is 2.03. The summed E-state index contributed by atoms with van der Waals surface area (Å²) in [5.74, 6) is 1.45. The van der Waals surface area contributed by atoms with Gasteiger partial charge in [-0.3, -0.25) is 9.69 Å². The molecule has 2 heterocycles. The van der Waals surface area contributed by atoms with E-state index in [1.807, 2.05) is 16.7 Å². The molecule has 5 heteroatoms. The zero-order valence-corrected chi connectivity index (χ0v) is 12.4. The highest BCUT2D eigenvalue weighted by molar-refractivity contribution is 8.00. The molecule has 104 valence electrons. The molecule has 0 radical (unpaired) electrons. The molecule has 2 saturated heterocycles. The summed E-state index contributed by atoms with van der Waals surface area (Å²) in [5.41, 5.74) is 0. The molecule has 0 aromatic rings. The highest BCUT2D eigenvalue weighted by atomic mass is 32.2. The number of nitrogens with one attached hydrogen (secondary N) is 1. The van der Waals surface area contributed by atoms with Gasteiger partial charge in [0, 0.05) is 49.8 Å². The van der Waals surface area contributed by atoms with Crippen molar-refractivity contribution in [2.75, 3.05) is 51.6 Å². The van der Waals surface area contributed by atoms with Crippen molar-refractivity contribution in [1.82, 2.24) is 15.1 Å². The molecule has 1 N–H and O–H groups in total. The smallest absolute Gasteiger partial charge is 0.236 e. The van der Waals surface area contributed by atoms with Gasteiger partial charge in [-0.05, 0) is 6.42 Å². The van der Waals surface area contributed by atoms with Crippen molar-refractivity contribution in [1.29, 1.82) is 0 Å². The first kappa shape index (κ1) is 14.2. The van der Waals surface area contributed by atoms with Crippen LogP contribution in [-0.4, -0.2) is 72.0 Å². The molecule has 0 saturated carbocycles. The van der Waals surface area contributed by atoms with Crippen molar-refractivity contribution < 1.29 is 4.79 Å². The summed E-state index contributed by atoms with van der Waals surface area (Å²) in [4.78, 5) is 16.5. The van der Waals surface area contributed by atoms with E-state index in [-0.39, 0.29) is 0 Å². The molecule has 0 atom stereocenters. The van der Waals surface area contributed by atoms with Crippen LogP contribution in [-0.2, 0) is 4.79 Å². The van der Waals surface area contributed by atoms with Gasteiger partial charge in [-0.25, -0.2) is 0 Å². The molecule has 4 nitrogen and oxygen atoms in total. The van der Waals surface area contributed by atoms with Gasteiger partial charge in [-0.1, -0.05) is 13.8 Å². The summed E-state index contributed by atoms with van der Waals surface area (Å²) < 4.78 is 0.368. The predicted molar refractivity (Wildman–Crippen MR) is 77.0 cm³/mol. The number of hydrogen-bond donors (Lipinski definition) is 1. The summed E-state index contributed by atoms with van der Waals surface area (Å²) in [7, 11) is 0. The Morgan fingerprint density at radius 3 is 2.67 bits per heavy atom. The number of rotatable bonds is 2. The largest absolute Gasteiger partial charge is 0.339 e. The number of hydrogen-bond acceptors (Lipinski definition) is 4. The third-order valence-corrected chi connectivity index (χ3v) is 5.13.